The van der Waals surface area contributed by atoms with Gasteiger partial charge in [0.1, 0.15) is 10.9 Å². The average molecular weight is 314 g/mol. The highest BCUT2D eigenvalue weighted by Crippen LogP contribution is 2.27. The first-order chi connectivity index (χ1) is 9.67. The summed E-state index contributed by atoms with van der Waals surface area (Å²) < 4.78 is 5.67. The molecule has 0 spiro atoms. The van der Waals surface area contributed by atoms with Crippen LogP contribution in [0.15, 0.2) is 6.07 Å². The van der Waals surface area contributed by atoms with E-state index in [1.807, 2.05) is 6.07 Å². The molecule has 0 amide bonds. The van der Waals surface area contributed by atoms with E-state index in [1.54, 1.807) is 6.07 Å². The molecule has 0 atom stereocenters. The molecule has 3 nitrogen and oxygen atoms in total. The summed E-state index contributed by atoms with van der Waals surface area (Å²) in [5, 5.41) is 8.76. The highest BCUT2D eigenvalue weighted by Gasteiger charge is 2.12. The minimum absolute atomic E-state index is 0.146. The van der Waals surface area contributed by atoms with Gasteiger partial charge in [0.05, 0.1) is 17.4 Å². The van der Waals surface area contributed by atoms with E-state index in [1.165, 1.54) is 37.0 Å². The zero-order valence-corrected chi connectivity index (χ0v) is 13.4. The van der Waals surface area contributed by atoms with E-state index in [4.69, 9.17) is 21.6 Å². The number of rotatable bonds is 9. The first-order valence-electron chi connectivity index (χ1n) is 7.01. The van der Waals surface area contributed by atoms with Gasteiger partial charge >= 0.3 is 5.97 Å². The summed E-state index contributed by atoms with van der Waals surface area (Å²) in [6, 6.07) is 3.67. The van der Waals surface area contributed by atoms with Crippen molar-refractivity contribution in [1.29, 1.82) is 5.26 Å². The number of carbonyl (C=O) groups excluding carboxylic acids is 1. The highest BCUT2D eigenvalue weighted by atomic mass is 35.5. The van der Waals surface area contributed by atoms with Crippen molar-refractivity contribution in [2.75, 3.05) is 6.61 Å². The fourth-order valence-corrected chi connectivity index (χ4v) is 2.93. The Morgan fingerprint density at radius 1 is 1.35 bits per heavy atom. The SMILES string of the molecule is CCCCCCCCOC(=O)Cc1cc(C#N)sc1Cl. The van der Waals surface area contributed by atoms with Crippen LogP contribution in [0.2, 0.25) is 4.34 Å². The number of carbonyl (C=O) groups is 1. The number of halogens is 1. The molecule has 1 aromatic heterocycles. The summed E-state index contributed by atoms with van der Waals surface area (Å²) in [7, 11) is 0. The molecule has 0 saturated heterocycles. The van der Waals surface area contributed by atoms with Gasteiger partial charge < -0.3 is 4.74 Å². The van der Waals surface area contributed by atoms with Crippen LogP contribution in [0.25, 0.3) is 0 Å². The molecule has 0 aromatic carbocycles. The van der Waals surface area contributed by atoms with Crippen LogP contribution in [-0.2, 0) is 16.0 Å². The molecule has 1 heterocycles. The molecule has 0 saturated carbocycles. The van der Waals surface area contributed by atoms with Crippen LogP contribution in [0.3, 0.4) is 0 Å². The van der Waals surface area contributed by atoms with Crippen LogP contribution in [0.4, 0.5) is 0 Å². The van der Waals surface area contributed by atoms with E-state index in [0.29, 0.717) is 21.4 Å². The second-order valence-corrected chi connectivity index (χ2v) is 6.34. The third-order valence-electron chi connectivity index (χ3n) is 2.96. The van der Waals surface area contributed by atoms with Crippen molar-refractivity contribution in [3.8, 4) is 6.07 Å². The van der Waals surface area contributed by atoms with Gasteiger partial charge in [-0.25, -0.2) is 0 Å². The number of nitriles is 1. The lowest BCUT2D eigenvalue weighted by Crippen LogP contribution is -2.08. The summed E-state index contributed by atoms with van der Waals surface area (Å²) >= 11 is 7.15. The second kappa shape index (κ2) is 9.79. The zero-order valence-electron chi connectivity index (χ0n) is 11.8. The maximum Gasteiger partial charge on any atom is 0.310 e. The van der Waals surface area contributed by atoms with Crippen molar-refractivity contribution in [3.63, 3.8) is 0 Å². The Morgan fingerprint density at radius 2 is 2.05 bits per heavy atom. The number of hydrogen-bond donors (Lipinski definition) is 0. The van der Waals surface area contributed by atoms with Gasteiger partial charge in [0.25, 0.3) is 0 Å². The Balaban J connectivity index is 2.17. The van der Waals surface area contributed by atoms with Gasteiger partial charge in [-0.3, -0.25) is 4.79 Å². The highest BCUT2D eigenvalue weighted by molar-refractivity contribution is 7.16. The van der Waals surface area contributed by atoms with Crippen LogP contribution in [-0.4, -0.2) is 12.6 Å². The van der Waals surface area contributed by atoms with Gasteiger partial charge in [-0.05, 0) is 18.1 Å². The summed E-state index contributed by atoms with van der Waals surface area (Å²) in [5.74, 6) is -0.275. The van der Waals surface area contributed by atoms with E-state index in [9.17, 15) is 4.79 Å². The summed E-state index contributed by atoms with van der Waals surface area (Å²) in [4.78, 5) is 12.2. The monoisotopic (exact) mass is 313 g/mol. The van der Waals surface area contributed by atoms with Crippen molar-refractivity contribution < 1.29 is 9.53 Å². The number of nitrogens with zero attached hydrogens (tertiary/aromatic N) is 1. The Hall–Kier alpha value is -1.05. The molecule has 0 bridgehead atoms. The molecule has 0 N–H and O–H groups in total. The first kappa shape index (κ1) is 17.0. The smallest absolute Gasteiger partial charge is 0.310 e. The number of hydrogen-bond acceptors (Lipinski definition) is 4. The van der Waals surface area contributed by atoms with E-state index in [0.717, 1.165) is 12.8 Å². The lowest BCUT2D eigenvalue weighted by atomic mass is 10.1. The van der Waals surface area contributed by atoms with E-state index < -0.39 is 0 Å². The van der Waals surface area contributed by atoms with Crippen LogP contribution < -0.4 is 0 Å². The van der Waals surface area contributed by atoms with Crippen molar-refractivity contribution in [3.05, 3.63) is 20.8 Å². The fourth-order valence-electron chi connectivity index (χ4n) is 1.86. The number of ether oxygens (including phenoxy) is 1. The molecule has 0 aliphatic carbocycles. The molecule has 0 unspecified atom stereocenters. The Kier molecular flexibility index (Phi) is 8.32. The molecular weight excluding hydrogens is 294 g/mol. The average Bonchev–Trinajstić information content (AvgIpc) is 2.78. The maximum absolute atomic E-state index is 11.6. The van der Waals surface area contributed by atoms with Crippen LogP contribution in [0, 0.1) is 11.3 Å². The van der Waals surface area contributed by atoms with Crippen LogP contribution >= 0.6 is 22.9 Å². The van der Waals surface area contributed by atoms with Gasteiger partial charge in [0.15, 0.2) is 0 Å². The predicted molar refractivity (Wildman–Crippen MR) is 82.1 cm³/mol. The lowest BCUT2D eigenvalue weighted by Gasteiger charge is -2.04. The van der Waals surface area contributed by atoms with Gasteiger partial charge in [0, 0.05) is 0 Å². The fraction of sp³-hybridized carbons (Fsp3) is 0.600. The predicted octanol–water partition coefficient (Wildman–Crippen LogP) is 4.72. The molecule has 0 aliphatic heterocycles. The summed E-state index contributed by atoms with van der Waals surface area (Å²) in [6.45, 7) is 2.66. The Bertz CT molecular complexity index is 465. The molecule has 1 rings (SSSR count). The van der Waals surface area contributed by atoms with Crippen molar-refractivity contribution in [1.82, 2.24) is 0 Å². The minimum atomic E-state index is -0.275. The van der Waals surface area contributed by atoms with E-state index >= 15 is 0 Å². The third kappa shape index (κ3) is 6.40. The van der Waals surface area contributed by atoms with Crippen molar-refractivity contribution in [2.45, 2.75) is 51.9 Å². The molecule has 1 aromatic rings. The second-order valence-electron chi connectivity index (χ2n) is 4.69. The van der Waals surface area contributed by atoms with Gasteiger partial charge in [-0.2, -0.15) is 5.26 Å². The molecule has 0 radical (unpaired) electrons. The maximum atomic E-state index is 11.6. The number of esters is 1. The molecule has 5 heteroatoms. The lowest BCUT2D eigenvalue weighted by molar-refractivity contribution is -0.142. The molecule has 0 fully saturated rings. The number of unbranched alkanes of at least 4 members (excludes halogenated alkanes) is 5. The molecular formula is C15H20ClNO2S. The minimum Gasteiger partial charge on any atom is -0.465 e. The van der Waals surface area contributed by atoms with Crippen molar-refractivity contribution in [2.24, 2.45) is 0 Å². The standard InChI is InChI=1S/C15H20ClNO2S/c1-2-3-4-5-6-7-8-19-14(18)10-12-9-13(11-17)20-15(12)16/h9H,2-8,10H2,1H3. The van der Waals surface area contributed by atoms with E-state index in [2.05, 4.69) is 6.92 Å². The van der Waals surface area contributed by atoms with Crippen LogP contribution in [0.1, 0.15) is 55.9 Å². The van der Waals surface area contributed by atoms with Crippen LogP contribution in [0.5, 0.6) is 0 Å². The number of thiophene rings is 1. The molecule has 0 aliphatic rings. The topological polar surface area (TPSA) is 50.1 Å². The quantitative estimate of drug-likeness (QED) is 0.489. The Morgan fingerprint density at radius 3 is 2.70 bits per heavy atom. The normalized spacial score (nSPS) is 10.2. The van der Waals surface area contributed by atoms with Crippen molar-refractivity contribution >= 4 is 28.9 Å². The third-order valence-corrected chi connectivity index (χ3v) is 4.31. The zero-order chi connectivity index (χ0) is 14.8. The first-order valence-corrected chi connectivity index (χ1v) is 8.20. The summed E-state index contributed by atoms with van der Waals surface area (Å²) in [6.07, 6.45) is 7.13. The molecule has 110 valence electrons. The largest absolute Gasteiger partial charge is 0.465 e. The molecule has 20 heavy (non-hydrogen) atoms. The Labute approximate surface area is 129 Å². The van der Waals surface area contributed by atoms with Gasteiger partial charge in [-0.15, -0.1) is 11.3 Å². The van der Waals surface area contributed by atoms with Gasteiger partial charge in [0.2, 0.25) is 0 Å². The van der Waals surface area contributed by atoms with E-state index in [-0.39, 0.29) is 12.4 Å². The summed E-state index contributed by atoms with van der Waals surface area (Å²) in [5.41, 5.74) is 0.682. The van der Waals surface area contributed by atoms with Gasteiger partial charge in [-0.1, -0.05) is 50.6 Å².